The highest BCUT2D eigenvalue weighted by Crippen LogP contribution is 2.18. The maximum atomic E-state index is 12.6. The van der Waals surface area contributed by atoms with E-state index in [1.54, 1.807) is 0 Å². The van der Waals surface area contributed by atoms with Gasteiger partial charge in [0.05, 0.1) is 0 Å². The van der Waals surface area contributed by atoms with Crippen LogP contribution in [0.3, 0.4) is 0 Å². The summed E-state index contributed by atoms with van der Waals surface area (Å²) < 4.78 is 0. The van der Waals surface area contributed by atoms with Crippen LogP contribution < -0.4 is 5.32 Å². The van der Waals surface area contributed by atoms with E-state index in [0.717, 1.165) is 19.4 Å². The van der Waals surface area contributed by atoms with E-state index in [1.807, 2.05) is 25.7 Å². The Labute approximate surface area is 116 Å². The van der Waals surface area contributed by atoms with Crippen LogP contribution in [0.4, 0.5) is 0 Å². The molecule has 1 saturated heterocycles. The zero-order valence-corrected chi connectivity index (χ0v) is 12.9. The van der Waals surface area contributed by atoms with Gasteiger partial charge in [0, 0.05) is 19.0 Å². The van der Waals surface area contributed by atoms with Gasteiger partial charge in [-0.15, -0.1) is 0 Å². The summed E-state index contributed by atoms with van der Waals surface area (Å²) in [7, 11) is 0. The number of hydrogen-bond acceptors (Lipinski definition) is 2. The first-order valence-electron chi connectivity index (χ1n) is 7.46. The summed E-state index contributed by atoms with van der Waals surface area (Å²) in [6, 6.07) is -0.373. The summed E-state index contributed by atoms with van der Waals surface area (Å²) in [6.45, 7) is 11.0. The van der Waals surface area contributed by atoms with Gasteiger partial charge in [0.1, 0.15) is 6.04 Å². The van der Waals surface area contributed by atoms with Crippen LogP contribution in [0.5, 0.6) is 0 Å². The molecule has 2 amide bonds. The maximum absolute atomic E-state index is 12.6. The van der Waals surface area contributed by atoms with Crippen molar-refractivity contribution in [2.75, 3.05) is 6.54 Å². The molecule has 4 heteroatoms. The largest absolute Gasteiger partial charge is 0.344 e. The van der Waals surface area contributed by atoms with Gasteiger partial charge in [-0.1, -0.05) is 34.1 Å². The van der Waals surface area contributed by atoms with Crippen molar-refractivity contribution in [1.82, 2.24) is 10.2 Å². The van der Waals surface area contributed by atoms with Gasteiger partial charge < -0.3 is 10.2 Å². The molecular weight excluding hydrogens is 240 g/mol. The van der Waals surface area contributed by atoms with Crippen LogP contribution in [0, 0.1) is 11.8 Å². The molecule has 1 aliphatic rings. The molecule has 1 heterocycles. The van der Waals surface area contributed by atoms with Crippen LogP contribution in [0.25, 0.3) is 0 Å². The van der Waals surface area contributed by atoms with Gasteiger partial charge in [0.15, 0.2) is 0 Å². The fourth-order valence-electron chi connectivity index (χ4n) is 2.71. The predicted molar refractivity (Wildman–Crippen MR) is 76.6 cm³/mol. The minimum atomic E-state index is -0.369. The standard InChI is InChI=1S/C15H28N2O2/c1-6-7-11(4)9-17-12(5)8-13(18)16-14(10(2)3)15(17)19/h10-12,14H,6-9H2,1-5H3,(H,16,18). The molecule has 0 aliphatic carbocycles. The summed E-state index contributed by atoms with van der Waals surface area (Å²) in [5.74, 6) is 0.685. The lowest BCUT2D eigenvalue weighted by Gasteiger charge is -2.32. The molecule has 3 unspecified atom stereocenters. The molecule has 1 rings (SSSR count). The first kappa shape index (κ1) is 16.0. The van der Waals surface area contributed by atoms with E-state index in [0.29, 0.717) is 12.3 Å². The number of nitrogens with zero attached hydrogens (tertiary/aromatic N) is 1. The fourth-order valence-corrected chi connectivity index (χ4v) is 2.71. The molecule has 1 N–H and O–H groups in total. The third kappa shape index (κ3) is 4.22. The molecule has 3 atom stereocenters. The van der Waals surface area contributed by atoms with Crippen LogP contribution in [0.15, 0.2) is 0 Å². The van der Waals surface area contributed by atoms with Crippen LogP contribution in [-0.4, -0.2) is 35.3 Å². The van der Waals surface area contributed by atoms with Crippen molar-refractivity contribution in [3.63, 3.8) is 0 Å². The number of hydrogen-bond donors (Lipinski definition) is 1. The second-order valence-corrected chi connectivity index (χ2v) is 6.23. The Morgan fingerprint density at radius 3 is 2.47 bits per heavy atom. The van der Waals surface area contributed by atoms with Crippen LogP contribution >= 0.6 is 0 Å². The Hall–Kier alpha value is -1.06. The molecule has 0 bridgehead atoms. The van der Waals surface area contributed by atoms with E-state index < -0.39 is 0 Å². The number of nitrogens with one attached hydrogen (secondary N) is 1. The van der Waals surface area contributed by atoms with Crippen LogP contribution in [-0.2, 0) is 9.59 Å². The lowest BCUT2D eigenvalue weighted by Crippen LogP contribution is -2.50. The van der Waals surface area contributed by atoms with Gasteiger partial charge in [0.2, 0.25) is 11.8 Å². The second-order valence-electron chi connectivity index (χ2n) is 6.23. The highest BCUT2D eigenvalue weighted by Gasteiger charge is 2.35. The van der Waals surface area contributed by atoms with E-state index in [2.05, 4.69) is 19.2 Å². The summed E-state index contributed by atoms with van der Waals surface area (Å²) in [4.78, 5) is 26.3. The maximum Gasteiger partial charge on any atom is 0.245 e. The number of carbonyl (C=O) groups is 2. The minimum absolute atomic E-state index is 0.00411. The summed E-state index contributed by atoms with van der Waals surface area (Å²) in [5, 5.41) is 2.86. The van der Waals surface area contributed by atoms with E-state index in [-0.39, 0.29) is 29.8 Å². The Balaban J connectivity index is 2.85. The molecule has 4 nitrogen and oxygen atoms in total. The van der Waals surface area contributed by atoms with Crippen LogP contribution in [0.1, 0.15) is 53.9 Å². The third-order valence-electron chi connectivity index (χ3n) is 3.83. The van der Waals surface area contributed by atoms with Crippen molar-refractivity contribution >= 4 is 11.8 Å². The SMILES string of the molecule is CCCC(C)CN1C(=O)C(C(C)C)NC(=O)CC1C. The predicted octanol–water partition coefficient (Wildman–Crippen LogP) is 2.18. The van der Waals surface area contributed by atoms with Crippen molar-refractivity contribution in [3.05, 3.63) is 0 Å². The summed E-state index contributed by atoms with van der Waals surface area (Å²) in [6.07, 6.45) is 2.65. The summed E-state index contributed by atoms with van der Waals surface area (Å²) >= 11 is 0. The average molecular weight is 268 g/mol. The minimum Gasteiger partial charge on any atom is -0.344 e. The highest BCUT2D eigenvalue weighted by molar-refractivity contribution is 5.90. The van der Waals surface area contributed by atoms with Gasteiger partial charge in [-0.3, -0.25) is 9.59 Å². The number of amides is 2. The lowest BCUT2D eigenvalue weighted by molar-refractivity contribution is -0.136. The van der Waals surface area contributed by atoms with Gasteiger partial charge >= 0.3 is 0 Å². The van der Waals surface area contributed by atoms with Crippen molar-refractivity contribution in [2.45, 2.75) is 66.0 Å². The lowest BCUT2D eigenvalue weighted by atomic mass is 10.0. The Morgan fingerprint density at radius 1 is 1.32 bits per heavy atom. The quantitative estimate of drug-likeness (QED) is 0.831. The van der Waals surface area contributed by atoms with Gasteiger partial charge in [0.25, 0.3) is 0 Å². The first-order valence-corrected chi connectivity index (χ1v) is 7.46. The number of carbonyl (C=O) groups excluding carboxylic acids is 2. The zero-order valence-electron chi connectivity index (χ0n) is 12.9. The monoisotopic (exact) mass is 268 g/mol. The topological polar surface area (TPSA) is 49.4 Å². The molecule has 0 aromatic carbocycles. The van der Waals surface area contributed by atoms with Crippen molar-refractivity contribution in [3.8, 4) is 0 Å². The molecule has 110 valence electrons. The highest BCUT2D eigenvalue weighted by atomic mass is 16.2. The molecule has 0 spiro atoms. The molecule has 0 saturated carbocycles. The Bertz CT molecular complexity index is 328. The average Bonchev–Trinajstić information content (AvgIpc) is 2.40. The molecule has 19 heavy (non-hydrogen) atoms. The Morgan fingerprint density at radius 2 is 1.95 bits per heavy atom. The van der Waals surface area contributed by atoms with Crippen molar-refractivity contribution in [2.24, 2.45) is 11.8 Å². The molecule has 0 aromatic rings. The smallest absolute Gasteiger partial charge is 0.245 e. The van der Waals surface area contributed by atoms with Gasteiger partial charge in [-0.2, -0.15) is 0 Å². The van der Waals surface area contributed by atoms with E-state index in [9.17, 15) is 9.59 Å². The molecular formula is C15H28N2O2. The van der Waals surface area contributed by atoms with Crippen molar-refractivity contribution < 1.29 is 9.59 Å². The molecule has 0 aromatic heterocycles. The third-order valence-corrected chi connectivity index (χ3v) is 3.83. The molecule has 1 fully saturated rings. The normalized spacial score (nSPS) is 26.3. The van der Waals surface area contributed by atoms with Gasteiger partial charge in [-0.05, 0) is 25.2 Å². The molecule has 0 radical (unpaired) electrons. The first-order chi connectivity index (χ1) is 8.86. The van der Waals surface area contributed by atoms with Gasteiger partial charge in [-0.25, -0.2) is 0 Å². The second kappa shape index (κ2) is 6.92. The van der Waals surface area contributed by atoms with Crippen molar-refractivity contribution in [1.29, 1.82) is 0 Å². The van der Waals surface area contributed by atoms with E-state index in [4.69, 9.17) is 0 Å². The van der Waals surface area contributed by atoms with E-state index in [1.165, 1.54) is 0 Å². The molecule has 1 aliphatic heterocycles. The van der Waals surface area contributed by atoms with E-state index >= 15 is 0 Å². The summed E-state index contributed by atoms with van der Waals surface area (Å²) in [5.41, 5.74) is 0. The van der Waals surface area contributed by atoms with Crippen LogP contribution in [0.2, 0.25) is 0 Å². The fraction of sp³-hybridized carbons (Fsp3) is 0.867. The number of rotatable bonds is 5. The Kier molecular flexibility index (Phi) is 5.83. The zero-order chi connectivity index (χ0) is 14.6.